The maximum Gasteiger partial charge on any atom is 0.330 e. The van der Waals surface area contributed by atoms with Gasteiger partial charge in [0.2, 0.25) is 0 Å². The summed E-state index contributed by atoms with van der Waals surface area (Å²) in [7, 11) is 0. The van der Waals surface area contributed by atoms with Crippen LogP contribution in [0.2, 0.25) is 0 Å². The average molecular weight is 198 g/mol. The molecule has 0 amide bonds. The van der Waals surface area contributed by atoms with E-state index in [1.54, 1.807) is 6.08 Å². The second kappa shape index (κ2) is 8.79. The van der Waals surface area contributed by atoms with E-state index in [-0.39, 0.29) is 5.97 Å². The minimum Gasteiger partial charge on any atom is -0.463 e. The van der Waals surface area contributed by atoms with Gasteiger partial charge in [-0.1, -0.05) is 39.2 Å². The summed E-state index contributed by atoms with van der Waals surface area (Å²) < 4.78 is 5.06. The van der Waals surface area contributed by atoms with Gasteiger partial charge in [-0.15, -0.1) is 0 Å². The van der Waals surface area contributed by atoms with Crippen molar-refractivity contribution in [3.05, 3.63) is 11.6 Å². The third-order valence-corrected chi connectivity index (χ3v) is 2.22. The SMILES string of the molecule is CCCCCOC(=O)C=C(CC)CC. The molecule has 2 heteroatoms. The lowest BCUT2D eigenvalue weighted by atomic mass is 10.1. The third-order valence-electron chi connectivity index (χ3n) is 2.22. The molecule has 0 aromatic heterocycles. The van der Waals surface area contributed by atoms with Gasteiger partial charge in [0.25, 0.3) is 0 Å². The van der Waals surface area contributed by atoms with Crippen LogP contribution in [0.3, 0.4) is 0 Å². The normalized spacial score (nSPS) is 9.64. The lowest BCUT2D eigenvalue weighted by Gasteiger charge is -2.02. The molecule has 0 aromatic rings. The maximum atomic E-state index is 11.2. The molecule has 0 spiro atoms. The van der Waals surface area contributed by atoms with E-state index in [9.17, 15) is 4.79 Å². The van der Waals surface area contributed by atoms with Gasteiger partial charge in [-0.2, -0.15) is 0 Å². The number of carbonyl (C=O) groups excluding carboxylic acids is 1. The number of allylic oxidation sites excluding steroid dienone is 1. The van der Waals surface area contributed by atoms with Crippen molar-refractivity contribution in [1.29, 1.82) is 0 Å². The molecule has 0 radical (unpaired) electrons. The Hall–Kier alpha value is -0.790. The Kier molecular flexibility index (Phi) is 8.30. The fourth-order valence-corrected chi connectivity index (χ4v) is 1.19. The van der Waals surface area contributed by atoms with Gasteiger partial charge >= 0.3 is 5.97 Å². The van der Waals surface area contributed by atoms with Crippen LogP contribution in [0.1, 0.15) is 52.9 Å². The van der Waals surface area contributed by atoms with Crippen LogP contribution < -0.4 is 0 Å². The number of unbranched alkanes of at least 4 members (excludes halogenated alkanes) is 2. The van der Waals surface area contributed by atoms with Crippen molar-refractivity contribution in [2.75, 3.05) is 6.61 Å². The molecular formula is C12H22O2. The lowest BCUT2D eigenvalue weighted by molar-refractivity contribution is -0.137. The van der Waals surface area contributed by atoms with E-state index < -0.39 is 0 Å². The van der Waals surface area contributed by atoms with Gasteiger partial charge in [0, 0.05) is 6.08 Å². The van der Waals surface area contributed by atoms with E-state index in [1.165, 1.54) is 0 Å². The number of carbonyl (C=O) groups is 1. The first kappa shape index (κ1) is 13.2. The Morgan fingerprint density at radius 1 is 1.14 bits per heavy atom. The second-order valence-electron chi connectivity index (χ2n) is 3.38. The van der Waals surface area contributed by atoms with Crippen LogP contribution in [0.5, 0.6) is 0 Å². The molecule has 0 saturated heterocycles. The van der Waals surface area contributed by atoms with E-state index in [2.05, 4.69) is 20.8 Å². The summed E-state index contributed by atoms with van der Waals surface area (Å²) in [5.41, 5.74) is 1.16. The monoisotopic (exact) mass is 198 g/mol. The lowest BCUT2D eigenvalue weighted by Crippen LogP contribution is -2.03. The third kappa shape index (κ3) is 6.70. The smallest absolute Gasteiger partial charge is 0.330 e. The summed E-state index contributed by atoms with van der Waals surface area (Å²) in [6.07, 6.45) is 6.75. The molecule has 0 heterocycles. The highest BCUT2D eigenvalue weighted by Crippen LogP contribution is 2.05. The summed E-state index contributed by atoms with van der Waals surface area (Å²) >= 11 is 0. The zero-order valence-corrected chi connectivity index (χ0v) is 9.64. The molecule has 14 heavy (non-hydrogen) atoms. The molecule has 2 nitrogen and oxygen atoms in total. The Labute approximate surface area is 87.3 Å². The molecule has 0 aromatic carbocycles. The number of esters is 1. The minimum atomic E-state index is -0.181. The maximum absolute atomic E-state index is 11.2. The topological polar surface area (TPSA) is 26.3 Å². The van der Waals surface area contributed by atoms with Crippen molar-refractivity contribution in [3.63, 3.8) is 0 Å². The molecule has 0 aliphatic rings. The fourth-order valence-electron chi connectivity index (χ4n) is 1.19. The molecule has 0 unspecified atom stereocenters. The molecule has 0 rings (SSSR count). The summed E-state index contributed by atoms with van der Waals surface area (Å²) in [5.74, 6) is -0.181. The number of ether oxygens (including phenoxy) is 1. The van der Waals surface area contributed by atoms with Crippen molar-refractivity contribution in [2.24, 2.45) is 0 Å². The molecule has 0 aliphatic heterocycles. The molecule has 0 fully saturated rings. The summed E-state index contributed by atoms with van der Waals surface area (Å²) in [6, 6.07) is 0. The Bertz CT molecular complexity index is 177. The van der Waals surface area contributed by atoms with Gasteiger partial charge in [-0.25, -0.2) is 4.79 Å². The summed E-state index contributed by atoms with van der Waals surface area (Å²) in [4.78, 5) is 11.2. The van der Waals surface area contributed by atoms with Gasteiger partial charge in [0.05, 0.1) is 6.61 Å². The first-order valence-corrected chi connectivity index (χ1v) is 5.60. The van der Waals surface area contributed by atoms with E-state index in [0.717, 1.165) is 37.7 Å². The molecule has 0 atom stereocenters. The van der Waals surface area contributed by atoms with Crippen LogP contribution in [0.4, 0.5) is 0 Å². The van der Waals surface area contributed by atoms with Gasteiger partial charge in [0.15, 0.2) is 0 Å². The van der Waals surface area contributed by atoms with Crippen LogP contribution in [0, 0.1) is 0 Å². The van der Waals surface area contributed by atoms with Gasteiger partial charge in [-0.05, 0) is 19.3 Å². The molecule has 82 valence electrons. The molecule has 0 bridgehead atoms. The van der Waals surface area contributed by atoms with Crippen molar-refractivity contribution in [1.82, 2.24) is 0 Å². The largest absolute Gasteiger partial charge is 0.463 e. The highest BCUT2D eigenvalue weighted by atomic mass is 16.5. The van der Waals surface area contributed by atoms with Crippen molar-refractivity contribution >= 4 is 5.97 Å². The van der Waals surface area contributed by atoms with Crippen LogP contribution >= 0.6 is 0 Å². The quantitative estimate of drug-likeness (QED) is 0.356. The van der Waals surface area contributed by atoms with Crippen molar-refractivity contribution < 1.29 is 9.53 Å². The molecule has 0 aliphatic carbocycles. The van der Waals surface area contributed by atoms with Gasteiger partial charge < -0.3 is 4.74 Å². The van der Waals surface area contributed by atoms with E-state index in [4.69, 9.17) is 4.74 Å². The van der Waals surface area contributed by atoms with E-state index in [1.807, 2.05) is 0 Å². The first-order chi connectivity index (χ1) is 6.74. The summed E-state index contributed by atoms with van der Waals surface area (Å²) in [5, 5.41) is 0. The standard InChI is InChI=1S/C12H22O2/c1-4-7-8-9-14-12(13)10-11(5-2)6-3/h10H,4-9H2,1-3H3. The van der Waals surface area contributed by atoms with E-state index >= 15 is 0 Å². The first-order valence-electron chi connectivity index (χ1n) is 5.60. The van der Waals surface area contributed by atoms with Crippen LogP contribution in [0.25, 0.3) is 0 Å². The fraction of sp³-hybridized carbons (Fsp3) is 0.750. The molecule has 0 N–H and O–H groups in total. The summed E-state index contributed by atoms with van der Waals surface area (Å²) in [6.45, 7) is 6.80. The number of rotatable bonds is 7. The van der Waals surface area contributed by atoms with Crippen molar-refractivity contribution in [3.8, 4) is 0 Å². The van der Waals surface area contributed by atoms with Gasteiger partial charge in [-0.3, -0.25) is 0 Å². The zero-order chi connectivity index (χ0) is 10.8. The van der Waals surface area contributed by atoms with Crippen LogP contribution in [0.15, 0.2) is 11.6 Å². The molecular weight excluding hydrogens is 176 g/mol. The number of hydrogen-bond acceptors (Lipinski definition) is 2. The second-order valence-corrected chi connectivity index (χ2v) is 3.38. The van der Waals surface area contributed by atoms with E-state index in [0.29, 0.717) is 6.61 Å². The zero-order valence-electron chi connectivity index (χ0n) is 9.64. The van der Waals surface area contributed by atoms with Gasteiger partial charge in [0.1, 0.15) is 0 Å². The Balaban J connectivity index is 3.68. The Morgan fingerprint density at radius 3 is 2.29 bits per heavy atom. The number of hydrogen-bond donors (Lipinski definition) is 0. The predicted octanol–water partition coefficient (Wildman–Crippen LogP) is 3.47. The highest BCUT2D eigenvalue weighted by molar-refractivity contribution is 5.82. The predicted molar refractivity (Wildman–Crippen MR) is 59.1 cm³/mol. The average Bonchev–Trinajstić information content (AvgIpc) is 2.21. The highest BCUT2D eigenvalue weighted by Gasteiger charge is 1.99. The van der Waals surface area contributed by atoms with Crippen LogP contribution in [-0.2, 0) is 9.53 Å². The Morgan fingerprint density at radius 2 is 1.79 bits per heavy atom. The molecule has 0 saturated carbocycles. The van der Waals surface area contributed by atoms with Crippen molar-refractivity contribution in [2.45, 2.75) is 52.9 Å². The van der Waals surface area contributed by atoms with Crippen LogP contribution in [-0.4, -0.2) is 12.6 Å². The minimum absolute atomic E-state index is 0.181.